The largest absolute Gasteiger partial charge is 0.322 e. The van der Waals surface area contributed by atoms with Crippen molar-refractivity contribution >= 4 is 11.3 Å². The van der Waals surface area contributed by atoms with Crippen LogP contribution in [0, 0.1) is 12.7 Å². The molecule has 4 heteroatoms. The second-order valence-electron chi connectivity index (χ2n) is 4.05. The number of nitrogens with two attached hydrogens (primary N) is 1. The Hall–Kier alpha value is -1.26. The van der Waals surface area contributed by atoms with Gasteiger partial charge in [0.2, 0.25) is 0 Å². The zero-order valence-electron chi connectivity index (χ0n) is 9.90. The molecule has 0 spiro atoms. The summed E-state index contributed by atoms with van der Waals surface area (Å²) in [6.07, 6.45) is 0.870. The summed E-state index contributed by atoms with van der Waals surface area (Å²) in [4.78, 5) is 4.49. The first kappa shape index (κ1) is 12.2. The average molecular weight is 250 g/mol. The summed E-state index contributed by atoms with van der Waals surface area (Å²) in [6.45, 7) is 3.79. The highest BCUT2D eigenvalue weighted by molar-refractivity contribution is 7.10. The molecule has 0 saturated carbocycles. The lowest BCUT2D eigenvalue weighted by atomic mass is 10.1. The molecule has 0 radical (unpaired) electrons. The maximum atomic E-state index is 13.2. The SMILES string of the molecule is CCC(N)c1nc(-c2ccc(F)c(C)c2)cs1. The van der Waals surface area contributed by atoms with E-state index in [0.29, 0.717) is 5.56 Å². The van der Waals surface area contributed by atoms with E-state index >= 15 is 0 Å². The van der Waals surface area contributed by atoms with E-state index < -0.39 is 0 Å². The van der Waals surface area contributed by atoms with Crippen molar-refractivity contribution in [2.45, 2.75) is 26.3 Å². The number of rotatable bonds is 3. The third-order valence-corrected chi connectivity index (χ3v) is 3.71. The minimum Gasteiger partial charge on any atom is -0.322 e. The molecule has 1 unspecified atom stereocenters. The Morgan fingerprint density at radius 2 is 2.24 bits per heavy atom. The molecule has 0 amide bonds. The molecular formula is C13H15FN2S. The first-order valence-electron chi connectivity index (χ1n) is 5.59. The maximum Gasteiger partial charge on any atom is 0.126 e. The monoisotopic (exact) mass is 250 g/mol. The van der Waals surface area contributed by atoms with Crippen LogP contribution in [0.15, 0.2) is 23.6 Å². The molecule has 0 aliphatic heterocycles. The lowest BCUT2D eigenvalue weighted by Gasteiger charge is -2.03. The van der Waals surface area contributed by atoms with Gasteiger partial charge in [-0.05, 0) is 37.1 Å². The van der Waals surface area contributed by atoms with Crippen LogP contribution in [0.1, 0.15) is 30.0 Å². The molecule has 0 aliphatic carbocycles. The Bertz CT molecular complexity index is 522. The summed E-state index contributed by atoms with van der Waals surface area (Å²) in [5.74, 6) is -0.186. The molecule has 0 saturated heterocycles. The van der Waals surface area contributed by atoms with Crippen molar-refractivity contribution in [3.8, 4) is 11.3 Å². The zero-order chi connectivity index (χ0) is 12.4. The fourth-order valence-corrected chi connectivity index (χ4v) is 2.48. The van der Waals surface area contributed by atoms with Crippen molar-refractivity contribution in [1.29, 1.82) is 0 Å². The van der Waals surface area contributed by atoms with E-state index in [1.54, 1.807) is 24.3 Å². The van der Waals surface area contributed by atoms with Gasteiger partial charge in [-0.1, -0.05) is 6.92 Å². The van der Waals surface area contributed by atoms with Crippen LogP contribution in [0.5, 0.6) is 0 Å². The lowest BCUT2D eigenvalue weighted by Crippen LogP contribution is -2.07. The van der Waals surface area contributed by atoms with Crippen molar-refractivity contribution in [2.75, 3.05) is 0 Å². The van der Waals surface area contributed by atoms with Gasteiger partial charge in [0.25, 0.3) is 0 Å². The van der Waals surface area contributed by atoms with Gasteiger partial charge in [-0.25, -0.2) is 9.37 Å². The maximum absolute atomic E-state index is 13.2. The highest BCUT2D eigenvalue weighted by Gasteiger charge is 2.10. The first-order valence-corrected chi connectivity index (χ1v) is 6.47. The molecule has 2 rings (SSSR count). The van der Waals surface area contributed by atoms with Gasteiger partial charge in [0.15, 0.2) is 0 Å². The van der Waals surface area contributed by atoms with E-state index in [4.69, 9.17) is 5.73 Å². The Labute approximate surface area is 104 Å². The van der Waals surface area contributed by atoms with Crippen LogP contribution < -0.4 is 5.73 Å². The molecule has 1 aromatic carbocycles. The van der Waals surface area contributed by atoms with E-state index in [2.05, 4.69) is 4.98 Å². The molecule has 1 atom stereocenters. The van der Waals surface area contributed by atoms with E-state index in [-0.39, 0.29) is 11.9 Å². The van der Waals surface area contributed by atoms with Gasteiger partial charge < -0.3 is 5.73 Å². The number of aromatic nitrogens is 1. The van der Waals surface area contributed by atoms with Gasteiger partial charge in [0.1, 0.15) is 10.8 Å². The number of thiazole rings is 1. The van der Waals surface area contributed by atoms with Crippen molar-refractivity contribution in [2.24, 2.45) is 5.73 Å². The summed E-state index contributed by atoms with van der Waals surface area (Å²) in [5.41, 5.74) is 8.38. The van der Waals surface area contributed by atoms with Crippen LogP contribution in [-0.4, -0.2) is 4.98 Å². The topological polar surface area (TPSA) is 38.9 Å². The number of halogens is 1. The molecule has 0 bridgehead atoms. The summed E-state index contributed by atoms with van der Waals surface area (Å²) in [7, 11) is 0. The number of benzene rings is 1. The Kier molecular flexibility index (Phi) is 3.54. The van der Waals surface area contributed by atoms with Gasteiger partial charge in [0, 0.05) is 10.9 Å². The zero-order valence-corrected chi connectivity index (χ0v) is 10.7. The van der Waals surface area contributed by atoms with Crippen LogP contribution in [0.2, 0.25) is 0 Å². The number of hydrogen-bond donors (Lipinski definition) is 1. The molecule has 1 aromatic heterocycles. The molecule has 0 aliphatic rings. The summed E-state index contributed by atoms with van der Waals surface area (Å²) >= 11 is 1.56. The molecular weight excluding hydrogens is 235 g/mol. The summed E-state index contributed by atoms with van der Waals surface area (Å²) in [5, 5.41) is 2.90. The predicted molar refractivity (Wildman–Crippen MR) is 69.5 cm³/mol. The second kappa shape index (κ2) is 4.94. The molecule has 17 heavy (non-hydrogen) atoms. The molecule has 1 heterocycles. The van der Waals surface area contributed by atoms with Crippen LogP contribution >= 0.6 is 11.3 Å². The highest BCUT2D eigenvalue weighted by Crippen LogP contribution is 2.26. The van der Waals surface area contributed by atoms with E-state index in [0.717, 1.165) is 22.7 Å². The van der Waals surface area contributed by atoms with Crippen LogP contribution in [0.4, 0.5) is 4.39 Å². The van der Waals surface area contributed by atoms with Crippen LogP contribution in [-0.2, 0) is 0 Å². The molecule has 2 aromatic rings. The van der Waals surface area contributed by atoms with E-state index in [1.807, 2.05) is 18.4 Å². The third-order valence-electron chi connectivity index (χ3n) is 2.73. The van der Waals surface area contributed by atoms with E-state index in [1.165, 1.54) is 6.07 Å². The molecule has 0 fully saturated rings. The standard InChI is InChI=1S/C13H15FN2S/c1-3-11(15)13-16-12(7-17-13)9-4-5-10(14)8(2)6-9/h4-7,11H,3,15H2,1-2H3. The first-order chi connectivity index (χ1) is 8.11. The molecule has 2 nitrogen and oxygen atoms in total. The fourth-order valence-electron chi connectivity index (χ4n) is 1.57. The normalized spacial score (nSPS) is 12.7. The summed E-state index contributed by atoms with van der Waals surface area (Å²) in [6, 6.07) is 5.03. The number of hydrogen-bond acceptors (Lipinski definition) is 3. The van der Waals surface area contributed by atoms with Crippen molar-refractivity contribution in [1.82, 2.24) is 4.98 Å². The van der Waals surface area contributed by atoms with Crippen LogP contribution in [0.25, 0.3) is 11.3 Å². The lowest BCUT2D eigenvalue weighted by molar-refractivity contribution is 0.618. The predicted octanol–water partition coefficient (Wildman–Crippen LogP) is 3.67. The van der Waals surface area contributed by atoms with E-state index in [9.17, 15) is 4.39 Å². The van der Waals surface area contributed by atoms with Crippen LogP contribution in [0.3, 0.4) is 0 Å². The Morgan fingerprint density at radius 1 is 1.47 bits per heavy atom. The second-order valence-corrected chi connectivity index (χ2v) is 4.94. The Morgan fingerprint density at radius 3 is 2.88 bits per heavy atom. The van der Waals surface area contributed by atoms with Gasteiger partial charge in [-0.2, -0.15) is 0 Å². The number of nitrogens with zero attached hydrogens (tertiary/aromatic N) is 1. The molecule has 90 valence electrons. The van der Waals surface area contributed by atoms with Gasteiger partial charge in [0.05, 0.1) is 11.7 Å². The molecule has 2 N–H and O–H groups in total. The minimum absolute atomic E-state index is 0.00436. The fraction of sp³-hybridized carbons (Fsp3) is 0.308. The Balaban J connectivity index is 2.33. The van der Waals surface area contributed by atoms with Gasteiger partial charge in [-0.3, -0.25) is 0 Å². The van der Waals surface area contributed by atoms with Crippen molar-refractivity contribution in [3.63, 3.8) is 0 Å². The van der Waals surface area contributed by atoms with Gasteiger partial charge in [-0.15, -0.1) is 11.3 Å². The quantitative estimate of drug-likeness (QED) is 0.902. The van der Waals surface area contributed by atoms with Gasteiger partial charge >= 0.3 is 0 Å². The van der Waals surface area contributed by atoms with Crippen molar-refractivity contribution in [3.05, 3.63) is 40.0 Å². The average Bonchev–Trinajstić information content (AvgIpc) is 2.81. The minimum atomic E-state index is -0.186. The summed E-state index contributed by atoms with van der Waals surface area (Å²) < 4.78 is 13.2. The number of aryl methyl sites for hydroxylation is 1. The third kappa shape index (κ3) is 2.53. The van der Waals surface area contributed by atoms with Crippen molar-refractivity contribution < 1.29 is 4.39 Å². The highest BCUT2D eigenvalue weighted by atomic mass is 32.1. The smallest absolute Gasteiger partial charge is 0.126 e.